The number of benzene rings is 1. The molecule has 1 aromatic carbocycles. The maximum Gasteiger partial charge on any atom is 0.161 e. The third kappa shape index (κ3) is 3.73. The quantitative estimate of drug-likeness (QED) is 0.654. The number of quaternary nitrogens is 1. The Labute approximate surface area is 175 Å². The molecule has 158 valence electrons. The molecule has 3 aromatic rings. The highest BCUT2D eigenvalue weighted by Crippen LogP contribution is 2.34. The number of nitrogens with zero attached hydrogens (tertiary/aromatic N) is 2. The van der Waals surface area contributed by atoms with Gasteiger partial charge in [-0.15, -0.1) is 0 Å². The summed E-state index contributed by atoms with van der Waals surface area (Å²) in [4.78, 5) is 17.5. The fraction of sp³-hybridized carbons (Fsp3) is 0.391. The summed E-state index contributed by atoms with van der Waals surface area (Å²) in [5.41, 5.74) is 5.04. The molecule has 4 rings (SSSR count). The second-order valence-corrected chi connectivity index (χ2v) is 7.88. The minimum Gasteiger partial charge on any atom is -0.550 e. The number of hydrogen-bond acceptors (Lipinski definition) is 5. The molecular weight excluding hydrogens is 382 g/mol. The van der Waals surface area contributed by atoms with Crippen molar-refractivity contribution in [2.45, 2.75) is 26.3 Å². The lowest BCUT2D eigenvalue weighted by molar-refractivity contribution is -0.919. The van der Waals surface area contributed by atoms with Crippen LogP contribution >= 0.6 is 0 Å². The van der Waals surface area contributed by atoms with E-state index in [1.807, 2.05) is 30.5 Å². The maximum atomic E-state index is 11.2. The molecule has 1 aliphatic heterocycles. The Kier molecular flexibility index (Phi) is 5.63. The molecule has 2 aromatic heterocycles. The highest BCUT2D eigenvalue weighted by Gasteiger charge is 2.26. The first-order valence-corrected chi connectivity index (χ1v) is 10.2. The van der Waals surface area contributed by atoms with Gasteiger partial charge < -0.3 is 24.3 Å². The number of carboxylic acid groups (broad SMARTS) is 1. The van der Waals surface area contributed by atoms with E-state index in [0.29, 0.717) is 24.3 Å². The monoisotopic (exact) mass is 409 g/mol. The third-order valence-corrected chi connectivity index (χ3v) is 6.04. The van der Waals surface area contributed by atoms with Crippen molar-refractivity contribution >= 4 is 11.6 Å². The largest absolute Gasteiger partial charge is 0.550 e. The van der Waals surface area contributed by atoms with E-state index in [2.05, 4.69) is 17.4 Å². The van der Waals surface area contributed by atoms with Gasteiger partial charge in [-0.05, 0) is 36.8 Å². The first kappa shape index (κ1) is 20.2. The number of nitrogens with one attached hydrogen (secondary N) is 1. The highest BCUT2D eigenvalue weighted by molar-refractivity contribution is 5.70. The van der Waals surface area contributed by atoms with Crippen LogP contribution in [0.5, 0.6) is 11.5 Å². The minimum absolute atomic E-state index is 0.330. The number of rotatable bonds is 6. The number of fused-ring (bicyclic) bond motifs is 1. The van der Waals surface area contributed by atoms with Crippen LogP contribution in [0, 0.1) is 12.8 Å². The van der Waals surface area contributed by atoms with Crippen LogP contribution in [0.4, 0.5) is 0 Å². The van der Waals surface area contributed by atoms with Crippen molar-refractivity contribution in [3.05, 3.63) is 47.8 Å². The molecule has 0 aliphatic carbocycles. The molecule has 1 N–H and O–H groups in total. The Morgan fingerprint density at radius 2 is 1.93 bits per heavy atom. The standard InChI is InChI=1S/C23H27N3O4/c1-15-5-4-10-26-18(14-25-11-8-16(9-12-25)23(27)28)21(24-22(15)26)17-6-7-19(29-2)20(13-17)30-3/h4-7,10,13,16H,8-9,11-12,14H2,1-3H3,(H,27,28). The zero-order valence-electron chi connectivity index (χ0n) is 17.6. The van der Waals surface area contributed by atoms with Gasteiger partial charge in [-0.1, -0.05) is 6.07 Å². The molecule has 7 heteroatoms. The van der Waals surface area contributed by atoms with E-state index < -0.39 is 5.97 Å². The minimum atomic E-state index is -0.925. The summed E-state index contributed by atoms with van der Waals surface area (Å²) in [7, 11) is 3.25. The molecule has 3 heterocycles. The summed E-state index contributed by atoms with van der Waals surface area (Å²) in [6.07, 6.45) is 3.35. The zero-order valence-corrected chi connectivity index (χ0v) is 17.6. The Balaban J connectivity index is 1.73. The molecule has 0 unspecified atom stereocenters. The first-order chi connectivity index (χ1) is 14.5. The second kappa shape index (κ2) is 8.36. The fourth-order valence-electron chi connectivity index (χ4n) is 4.31. The average Bonchev–Trinajstić information content (AvgIpc) is 3.13. The van der Waals surface area contributed by atoms with Crippen LogP contribution < -0.4 is 19.5 Å². The van der Waals surface area contributed by atoms with Crippen molar-refractivity contribution in [2.75, 3.05) is 27.3 Å². The Morgan fingerprint density at radius 1 is 1.20 bits per heavy atom. The molecule has 0 spiro atoms. The lowest BCUT2D eigenvalue weighted by atomic mass is 9.97. The van der Waals surface area contributed by atoms with Crippen LogP contribution in [-0.4, -0.2) is 42.7 Å². The lowest BCUT2D eigenvalue weighted by Crippen LogP contribution is -3.12. The van der Waals surface area contributed by atoms with Gasteiger partial charge in [0.1, 0.15) is 17.9 Å². The number of ether oxygens (including phenoxy) is 2. The number of aromatic nitrogens is 2. The van der Waals surface area contributed by atoms with Gasteiger partial charge in [-0.2, -0.15) is 0 Å². The lowest BCUT2D eigenvalue weighted by Gasteiger charge is -2.29. The number of piperidine rings is 1. The number of carboxylic acids is 1. The van der Waals surface area contributed by atoms with Crippen molar-refractivity contribution in [1.29, 1.82) is 0 Å². The number of aliphatic carboxylic acids is 1. The number of carbonyl (C=O) groups excluding carboxylic acids is 1. The summed E-state index contributed by atoms with van der Waals surface area (Å²) in [5, 5.41) is 11.2. The van der Waals surface area contributed by atoms with E-state index in [-0.39, 0.29) is 5.92 Å². The van der Waals surface area contributed by atoms with E-state index in [0.717, 1.165) is 47.8 Å². The summed E-state index contributed by atoms with van der Waals surface area (Å²) < 4.78 is 13.0. The van der Waals surface area contributed by atoms with Crippen LogP contribution in [0.2, 0.25) is 0 Å². The molecule has 0 radical (unpaired) electrons. The number of pyridine rings is 1. The van der Waals surface area contributed by atoms with Gasteiger partial charge in [0.05, 0.1) is 33.0 Å². The zero-order chi connectivity index (χ0) is 21.3. The van der Waals surface area contributed by atoms with Crippen LogP contribution in [0.15, 0.2) is 36.5 Å². The molecule has 0 amide bonds. The van der Waals surface area contributed by atoms with Gasteiger partial charge in [0.15, 0.2) is 11.5 Å². The number of imidazole rings is 1. The summed E-state index contributed by atoms with van der Waals surface area (Å²) >= 11 is 0. The molecule has 0 atom stereocenters. The Hall–Kier alpha value is -3.06. The van der Waals surface area contributed by atoms with Crippen LogP contribution in [-0.2, 0) is 11.3 Å². The van der Waals surface area contributed by atoms with Crippen molar-refractivity contribution in [3.8, 4) is 22.8 Å². The van der Waals surface area contributed by atoms with Gasteiger partial charge in [0, 0.05) is 36.5 Å². The SMILES string of the molecule is COc1ccc(-c2nc3c(C)cccn3c2C[NH+]2CCC(C(=O)[O-])CC2)cc1OC. The molecule has 1 fully saturated rings. The molecule has 30 heavy (non-hydrogen) atoms. The van der Waals surface area contributed by atoms with E-state index >= 15 is 0 Å². The van der Waals surface area contributed by atoms with Gasteiger partial charge in [0.2, 0.25) is 0 Å². The Bertz CT molecular complexity index is 1070. The molecule has 0 bridgehead atoms. The van der Waals surface area contributed by atoms with E-state index in [4.69, 9.17) is 14.5 Å². The van der Waals surface area contributed by atoms with Crippen molar-refractivity contribution in [3.63, 3.8) is 0 Å². The first-order valence-electron chi connectivity index (χ1n) is 10.2. The predicted molar refractivity (Wildman–Crippen MR) is 111 cm³/mol. The van der Waals surface area contributed by atoms with Gasteiger partial charge in [-0.25, -0.2) is 4.98 Å². The van der Waals surface area contributed by atoms with Crippen molar-refractivity contribution < 1.29 is 24.3 Å². The normalized spacial score (nSPS) is 19.0. The molecule has 1 aliphatic rings. The van der Waals surface area contributed by atoms with Crippen LogP contribution in [0.1, 0.15) is 24.1 Å². The van der Waals surface area contributed by atoms with Crippen molar-refractivity contribution in [1.82, 2.24) is 9.38 Å². The number of carbonyl (C=O) groups is 1. The van der Waals surface area contributed by atoms with Crippen LogP contribution in [0.25, 0.3) is 16.9 Å². The Morgan fingerprint density at radius 3 is 2.60 bits per heavy atom. The average molecular weight is 409 g/mol. The molecule has 1 saturated heterocycles. The summed E-state index contributed by atoms with van der Waals surface area (Å²) in [6.45, 7) is 4.45. The topological polar surface area (TPSA) is 80.3 Å². The van der Waals surface area contributed by atoms with E-state index in [1.165, 1.54) is 4.90 Å². The number of aryl methyl sites for hydroxylation is 1. The summed E-state index contributed by atoms with van der Waals surface area (Å²) in [5.74, 6) is 0.0866. The van der Waals surface area contributed by atoms with Gasteiger partial charge >= 0.3 is 0 Å². The van der Waals surface area contributed by atoms with Crippen LogP contribution in [0.3, 0.4) is 0 Å². The van der Waals surface area contributed by atoms with E-state index in [1.54, 1.807) is 14.2 Å². The molecule has 7 nitrogen and oxygen atoms in total. The second-order valence-electron chi connectivity index (χ2n) is 7.88. The predicted octanol–water partition coefficient (Wildman–Crippen LogP) is 0.872. The number of likely N-dealkylation sites (tertiary alicyclic amines) is 1. The third-order valence-electron chi connectivity index (χ3n) is 6.04. The molecular formula is C23H27N3O4. The summed E-state index contributed by atoms with van der Waals surface area (Å²) in [6, 6.07) is 9.94. The van der Waals surface area contributed by atoms with Gasteiger partial charge in [0.25, 0.3) is 0 Å². The fourth-order valence-corrected chi connectivity index (χ4v) is 4.31. The molecule has 0 saturated carbocycles. The van der Waals surface area contributed by atoms with Gasteiger partial charge in [-0.3, -0.25) is 4.40 Å². The smallest absolute Gasteiger partial charge is 0.161 e. The number of hydrogen-bond donors (Lipinski definition) is 1. The number of methoxy groups -OCH3 is 2. The maximum absolute atomic E-state index is 11.2. The highest BCUT2D eigenvalue weighted by atomic mass is 16.5. The van der Waals surface area contributed by atoms with E-state index in [9.17, 15) is 9.90 Å². The van der Waals surface area contributed by atoms with Crippen molar-refractivity contribution in [2.24, 2.45) is 5.92 Å².